The number of pyridine rings is 1. The molecule has 0 unspecified atom stereocenters. The SMILES string of the molecule is COc1ccc2c(c1)c(=O)c1ccc(Cl)cc1n2Cc1cc(OC)c(OC)c(OC)c1. The zero-order valence-electron chi connectivity index (χ0n) is 17.7. The summed E-state index contributed by atoms with van der Waals surface area (Å²) in [7, 11) is 6.31. The van der Waals surface area contributed by atoms with E-state index in [1.54, 1.807) is 52.7 Å². The van der Waals surface area contributed by atoms with E-state index >= 15 is 0 Å². The van der Waals surface area contributed by atoms with Crippen molar-refractivity contribution >= 4 is 33.4 Å². The lowest BCUT2D eigenvalue weighted by molar-refractivity contribution is 0.323. The van der Waals surface area contributed by atoms with Crippen LogP contribution in [0.1, 0.15) is 5.56 Å². The summed E-state index contributed by atoms with van der Waals surface area (Å²) in [6.45, 7) is 0.455. The highest BCUT2D eigenvalue weighted by atomic mass is 35.5. The van der Waals surface area contributed by atoms with Crippen LogP contribution in [0, 0.1) is 0 Å². The van der Waals surface area contributed by atoms with Crippen LogP contribution in [0.5, 0.6) is 23.0 Å². The minimum atomic E-state index is -0.0679. The van der Waals surface area contributed by atoms with Gasteiger partial charge >= 0.3 is 0 Å². The maximum Gasteiger partial charge on any atom is 0.203 e. The van der Waals surface area contributed by atoms with Gasteiger partial charge in [-0.15, -0.1) is 0 Å². The van der Waals surface area contributed by atoms with Gasteiger partial charge in [0.05, 0.1) is 39.5 Å². The van der Waals surface area contributed by atoms with Crippen molar-refractivity contribution in [2.75, 3.05) is 28.4 Å². The molecule has 0 saturated heterocycles. The summed E-state index contributed by atoms with van der Waals surface area (Å²) < 4.78 is 23.8. The van der Waals surface area contributed by atoms with Crippen LogP contribution in [0.15, 0.2) is 53.3 Å². The van der Waals surface area contributed by atoms with Gasteiger partial charge in [0, 0.05) is 22.3 Å². The molecule has 0 N–H and O–H groups in total. The summed E-state index contributed by atoms with van der Waals surface area (Å²) in [5.41, 5.74) is 2.36. The molecule has 0 saturated carbocycles. The van der Waals surface area contributed by atoms with Gasteiger partial charge in [-0.25, -0.2) is 0 Å². The highest BCUT2D eigenvalue weighted by Gasteiger charge is 2.16. The Hall–Kier alpha value is -3.38. The second-order valence-corrected chi connectivity index (χ2v) is 7.43. The Morgan fingerprint density at radius 3 is 2.10 bits per heavy atom. The molecule has 0 radical (unpaired) electrons. The minimum Gasteiger partial charge on any atom is -0.497 e. The molecule has 0 atom stereocenters. The molecule has 4 rings (SSSR count). The standard InChI is InChI=1S/C24H22ClNO5/c1-28-16-6-8-19-18(12-16)23(27)17-7-5-15(25)11-20(17)26(19)13-14-9-21(29-2)24(31-4)22(10-14)30-3/h5-12H,13H2,1-4H3. The third-order valence-corrected chi connectivity index (χ3v) is 5.53. The number of nitrogens with zero attached hydrogens (tertiary/aromatic N) is 1. The summed E-state index contributed by atoms with van der Waals surface area (Å²) in [6, 6.07) is 14.6. The van der Waals surface area contributed by atoms with Crippen LogP contribution >= 0.6 is 11.6 Å². The number of hydrogen-bond acceptors (Lipinski definition) is 5. The summed E-state index contributed by atoms with van der Waals surface area (Å²) >= 11 is 6.29. The molecule has 0 spiro atoms. The molecule has 3 aromatic carbocycles. The molecule has 0 amide bonds. The third kappa shape index (κ3) is 3.64. The number of benzene rings is 3. The Morgan fingerprint density at radius 2 is 1.48 bits per heavy atom. The van der Waals surface area contributed by atoms with Crippen molar-refractivity contribution in [1.82, 2.24) is 4.57 Å². The molecule has 160 valence electrons. The van der Waals surface area contributed by atoms with Crippen molar-refractivity contribution < 1.29 is 18.9 Å². The van der Waals surface area contributed by atoms with Gasteiger partial charge in [-0.05, 0) is 54.1 Å². The molecule has 0 fully saturated rings. The van der Waals surface area contributed by atoms with E-state index in [4.69, 9.17) is 30.5 Å². The first-order chi connectivity index (χ1) is 15.0. The maximum absolute atomic E-state index is 13.2. The number of aromatic nitrogens is 1. The molecule has 0 aliphatic carbocycles. The highest BCUT2D eigenvalue weighted by molar-refractivity contribution is 6.31. The fraction of sp³-hybridized carbons (Fsp3) is 0.208. The van der Waals surface area contributed by atoms with Crippen LogP contribution in [0.25, 0.3) is 21.8 Å². The van der Waals surface area contributed by atoms with Crippen molar-refractivity contribution in [3.8, 4) is 23.0 Å². The van der Waals surface area contributed by atoms with Gasteiger partial charge in [0.25, 0.3) is 0 Å². The van der Waals surface area contributed by atoms with Gasteiger partial charge in [-0.1, -0.05) is 11.6 Å². The average molecular weight is 440 g/mol. The Bertz CT molecular complexity index is 1320. The van der Waals surface area contributed by atoms with Crippen LogP contribution in [0.2, 0.25) is 5.02 Å². The first-order valence-corrected chi connectivity index (χ1v) is 9.97. The molecule has 0 aliphatic rings. The van der Waals surface area contributed by atoms with Crippen LogP contribution in [-0.4, -0.2) is 33.0 Å². The first kappa shape index (κ1) is 20.9. The zero-order chi connectivity index (χ0) is 22.1. The molecule has 31 heavy (non-hydrogen) atoms. The fourth-order valence-corrected chi connectivity index (χ4v) is 4.00. The zero-order valence-corrected chi connectivity index (χ0v) is 18.4. The molecule has 4 aromatic rings. The lowest BCUT2D eigenvalue weighted by Crippen LogP contribution is -2.12. The molecule has 7 heteroatoms. The Balaban J connectivity index is 2.01. The molecule has 1 aromatic heterocycles. The number of ether oxygens (including phenoxy) is 4. The van der Waals surface area contributed by atoms with E-state index in [1.807, 2.05) is 24.3 Å². The number of halogens is 1. The van der Waals surface area contributed by atoms with E-state index in [2.05, 4.69) is 4.57 Å². The highest BCUT2D eigenvalue weighted by Crippen LogP contribution is 2.39. The topological polar surface area (TPSA) is 58.9 Å². The quantitative estimate of drug-likeness (QED) is 0.400. The van der Waals surface area contributed by atoms with Crippen LogP contribution in [0.4, 0.5) is 0 Å². The lowest BCUT2D eigenvalue weighted by atomic mass is 10.1. The van der Waals surface area contributed by atoms with Gasteiger partial charge in [0.15, 0.2) is 16.9 Å². The van der Waals surface area contributed by atoms with E-state index in [-0.39, 0.29) is 5.43 Å². The van der Waals surface area contributed by atoms with Gasteiger partial charge in [0.1, 0.15) is 5.75 Å². The van der Waals surface area contributed by atoms with E-state index in [9.17, 15) is 4.79 Å². The van der Waals surface area contributed by atoms with Gasteiger partial charge in [-0.2, -0.15) is 0 Å². The molecule has 0 bridgehead atoms. The molecular weight excluding hydrogens is 418 g/mol. The molecule has 1 heterocycles. The predicted octanol–water partition coefficient (Wildman–Crippen LogP) is 4.89. The Kier molecular flexibility index (Phi) is 5.65. The minimum absolute atomic E-state index is 0.0679. The average Bonchev–Trinajstić information content (AvgIpc) is 2.80. The Labute approximate surface area is 184 Å². The van der Waals surface area contributed by atoms with Gasteiger partial charge < -0.3 is 23.5 Å². The van der Waals surface area contributed by atoms with E-state index in [0.717, 1.165) is 16.6 Å². The number of methoxy groups -OCH3 is 4. The summed E-state index contributed by atoms with van der Waals surface area (Å²) in [5, 5.41) is 1.71. The Morgan fingerprint density at radius 1 is 0.774 bits per heavy atom. The van der Waals surface area contributed by atoms with Crippen molar-refractivity contribution in [2.24, 2.45) is 0 Å². The third-order valence-electron chi connectivity index (χ3n) is 5.30. The second-order valence-electron chi connectivity index (χ2n) is 6.99. The molecule has 0 aliphatic heterocycles. The number of hydrogen-bond donors (Lipinski definition) is 0. The van der Waals surface area contributed by atoms with E-state index in [0.29, 0.717) is 45.3 Å². The lowest BCUT2D eigenvalue weighted by Gasteiger charge is -2.18. The normalized spacial score (nSPS) is 11.0. The van der Waals surface area contributed by atoms with Crippen LogP contribution in [0.3, 0.4) is 0 Å². The molecule has 6 nitrogen and oxygen atoms in total. The summed E-state index contributed by atoms with van der Waals surface area (Å²) in [6.07, 6.45) is 0. The van der Waals surface area contributed by atoms with Crippen molar-refractivity contribution in [2.45, 2.75) is 6.54 Å². The predicted molar refractivity (Wildman–Crippen MR) is 122 cm³/mol. The fourth-order valence-electron chi connectivity index (χ4n) is 3.83. The van der Waals surface area contributed by atoms with Crippen LogP contribution in [-0.2, 0) is 6.54 Å². The summed E-state index contributed by atoms with van der Waals surface area (Å²) in [4.78, 5) is 13.2. The van der Waals surface area contributed by atoms with Crippen molar-refractivity contribution in [1.29, 1.82) is 0 Å². The van der Waals surface area contributed by atoms with E-state index in [1.165, 1.54) is 0 Å². The number of fused-ring (bicyclic) bond motifs is 2. The summed E-state index contributed by atoms with van der Waals surface area (Å²) in [5.74, 6) is 2.27. The maximum atomic E-state index is 13.2. The smallest absolute Gasteiger partial charge is 0.203 e. The van der Waals surface area contributed by atoms with Crippen molar-refractivity contribution in [3.63, 3.8) is 0 Å². The van der Waals surface area contributed by atoms with Gasteiger partial charge in [0.2, 0.25) is 5.75 Å². The second kappa shape index (κ2) is 8.40. The largest absolute Gasteiger partial charge is 0.497 e. The molecular formula is C24H22ClNO5. The van der Waals surface area contributed by atoms with E-state index < -0.39 is 0 Å². The monoisotopic (exact) mass is 439 g/mol. The van der Waals surface area contributed by atoms with Crippen LogP contribution < -0.4 is 24.4 Å². The first-order valence-electron chi connectivity index (χ1n) is 9.59. The van der Waals surface area contributed by atoms with Crippen molar-refractivity contribution in [3.05, 3.63) is 69.3 Å². The van der Waals surface area contributed by atoms with Gasteiger partial charge in [-0.3, -0.25) is 4.79 Å². The number of rotatable bonds is 6.